The molecule has 1 aromatic carbocycles. The lowest BCUT2D eigenvalue weighted by Crippen LogP contribution is -1.98. The number of carbonyl (C=O) groups is 1. The van der Waals surface area contributed by atoms with Crippen LogP contribution in [0.5, 0.6) is 5.75 Å². The summed E-state index contributed by atoms with van der Waals surface area (Å²) in [4.78, 5) is 12.3. The first-order chi connectivity index (χ1) is 13.1. The van der Waals surface area contributed by atoms with E-state index in [9.17, 15) is 9.36 Å². The fourth-order valence-corrected chi connectivity index (χ4v) is 10.0. The number of carbonyl (C=O) groups excluding carboxylic acids is 1. The third-order valence-electron chi connectivity index (χ3n) is 4.72. The van der Waals surface area contributed by atoms with Crippen LogP contribution in [0.2, 0.25) is 0 Å². The van der Waals surface area contributed by atoms with Crippen molar-refractivity contribution in [2.45, 2.75) is 78.1 Å². The van der Waals surface area contributed by atoms with Crippen molar-refractivity contribution in [1.82, 2.24) is 0 Å². The van der Waals surface area contributed by atoms with Gasteiger partial charge in [-0.05, 0) is 53.7 Å². The number of rotatable bonds is 14. The molecule has 0 aliphatic heterocycles. The Kier molecular flexibility index (Phi) is 10.4. The van der Waals surface area contributed by atoms with Gasteiger partial charge in [0, 0.05) is 17.9 Å². The van der Waals surface area contributed by atoms with Gasteiger partial charge in [-0.2, -0.15) is 0 Å². The summed E-state index contributed by atoms with van der Waals surface area (Å²) in [5.41, 5.74) is 1.70. The Morgan fingerprint density at radius 3 is 2.15 bits per heavy atom. The molecule has 6 heteroatoms. The molecule has 1 aliphatic carbocycles. The summed E-state index contributed by atoms with van der Waals surface area (Å²) in [5.74, 6) is -0.571. The maximum Gasteiger partial charge on any atom is 0.359 e. The molecule has 0 fully saturated rings. The summed E-state index contributed by atoms with van der Waals surface area (Å²) in [6, 6.07) is 5.70. The van der Waals surface area contributed by atoms with Crippen molar-refractivity contribution in [3.05, 3.63) is 29.3 Å². The summed E-state index contributed by atoms with van der Waals surface area (Å²) < 4.78 is 19.6. The van der Waals surface area contributed by atoms with E-state index in [1.54, 1.807) is 0 Å². The quantitative estimate of drug-likeness (QED) is 0.222. The Bertz CT molecular complexity index is 630. The molecule has 3 nitrogen and oxygen atoms in total. The minimum absolute atomic E-state index is 0.119. The van der Waals surface area contributed by atoms with Crippen molar-refractivity contribution < 1.29 is 13.9 Å². The van der Waals surface area contributed by atoms with Crippen molar-refractivity contribution in [1.29, 1.82) is 0 Å². The molecule has 0 saturated carbocycles. The van der Waals surface area contributed by atoms with Gasteiger partial charge < -0.3 is 4.52 Å². The van der Waals surface area contributed by atoms with E-state index in [-0.39, 0.29) is 5.78 Å². The van der Waals surface area contributed by atoms with Crippen molar-refractivity contribution in [3.63, 3.8) is 0 Å². The Hall–Kier alpha value is -0.380. The van der Waals surface area contributed by atoms with Gasteiger partial charge in [-0.3, -0.25) is 9.36 Å². The van der Waals surface area contributed by atoms with Gasteiger partial charge >= 0.3 is 5.77 Å². The Morgan fingerprint density at radius 2 is 1.56 bits per heavy atom. The molecule has 0 N–H and O–H groups in total. The minimum atomic E-state index is -2.92. The van der Waals surface area contributed by atoms with Gasteiger partial charge in [0.25, 0.3) is 0 Å². The number of unbranched alkanes of at least 4 members (excludes halogenated alkanes) is 6. The highest BCUT2D eigenvalue weighted by Crippen LogP contribution is 2.69. The monoisotopic (exact) mass is 428 g/mol. The zero-order chi connectivity index (χ0) is 19.5. The van der Waals surface area contributed by atoms with Gasteiger partial charge in [0.2, 0.25) is 0 Å². The van der Waals surface area contributed by atoms with Crippen LogP contribution in [0.15, 0.2) is 18.2 Å². The van der Waals surface area contributed by atoms with Crippen LogP contribution >= 0.6 is 28.5 Å². The molecular formula is C21H33O3PS2. The molecule has 0 saturated heterocycles. The van der Waals surface area contributed by atoms with E-state index < -0.39 is 5.77 Å². The van der Waals surface area contributed by atoms with Crippen LogP contribution in [-0.4, -0.2) is 17.3 Å². The zero-order valence-corrected chi connectivity index (χ0v) is 19.2. The number of aryl methyl sites for hydroxylation is 1. The van der Waals surface area contributed by atoms with Gasteiger partial charge in [-0.1, -0.05) is 64.5 Å². The predicted octanol–water partition coefficient (Wildman–Crippen LogP) is 7.93. The molecule has 2 rings (SSSR count). The maximum atomic E-state index is 13.5. The second-order valence-corrected chi connectivity index (χ2v) is 14.6. The molecule has 0 unspecified atom stereocenters. The third-order valence-corrected chi connectivity index (χ3v) is 12.1. The fourth-order valence-electron chi connectivity index (χ4n) is 3.17. The van der Waals surface area contributed by atoms with Crippen molar-refractivity contribution in [2.75, 3.05) is 11.5 Å². The first-order valence-electron chi connectivity index (χ1n) is 10.3. The van der Waals surface area contributed by atoms with E-state index in [1.165, 1.54) is 61.3 Å². The molecule has 0 aromatic heterocycles. The maximum absolute atomic E-state index is 13.5. The molecule has 0 heterocycles. The van der Waals surface area contributed by atoms with Crippen LogP contribution in [-0.2, 0) is 11.0 Å². The molecule has 0 radical (unpaired) electrons. The number of benzene rings is 1. The lowest BCUT2D eigenvalue weighted by molar-refractivity contribution is 0.0993. The predicted molar refractivity (Wildman–Crippen MR) is 121 cm³/mol. The number of hydrogen-bond donors (Lipinski definition) is 0. The minimum Gasteiger partial charge on any atom is -0.428 e. The van der Waals surface area contributed by atoms with E-state index >= 15 is 0 Å². The van der Waals surface area contributed by atoms with E-state index in [0.29, 0.717) is 17.7 Å². The average molecular weight is 429 g/mol. The SMILES string of the molecule is CCCCCCSP(=O)(Oc1cccc2c1C(=O)CC2)SCCCCCC. The molecule has 1 aromatic rings. The summed E-state index contributed by atoms with van der Waals surface area (Å²) in [6.45, 7) is 4.39. The van der Waals surface area contributed by atoms with Crippen molar-refractivity contribution >= 4 is 34.3 Å². The van der Waals surface area contributed by atoms with Crippen molar-refractivity contribution in [2.24, 2.45) is 0 Å². The second-order valence-electron chi connectivity index (χ2n) is 7.04. The number of fused-ring (bicyclic) bond motifs is 1. The van der Waals surface area contributed by atoms with Crippen molar-refractivity contribution in [3.8, 4) is 5.75 Å². The van der Waals surface area contributed by atoms with Crippen LogP contribution in [0.25, 0.3) is 0 Å². The number of ketones is 1. The Morgan fingerprint density at radius 1 is 0.926 bits per heavy atom. The van der Waals surface area contributed by atoms with Crippen LogP contribution in [0.1, 0.15) is 87.6 Å². The largest absolute Gasteiger partial charge is 0.428 e. The van der Waals surface area contributed by atoms with Crippen LogP contribution in [0.4, 0.5) is 0 Å². The van der Waals surface area contributed by atoms with E-state index in [2.05, 4.69) is 13.8 Å². The lowest BCUT2D eigenvalue weighted by Gasteiger charge is -2.19. The third kappa shape index (κ3) is 7.51. The summed E-state index contributed by atoms with van der Waals surface area (Å²) in [6.07, 6.45) is 10.6. The standard InChI is InChI=1S/C21H33O3PS2/c1-3-5-7-9-16-26-25(23,27-17-10-8-6-4-2)24-20-13-11-12-18-14-15-19(22)21(18)20/h11-13H,3-10,14-17H2,1-2H3. The van der Waals surface area contributed by atoms with Gasteiger partial charge in [0.15, 0.2) is 5.78 Å². The normalized spacial score (nSPS) is 13.8. The van der Waals surface area contributed by atoms with Gasteiger partial charge in [-0.25, -0.2) is 0 Å². The summed E-state index contributed by atoms with van der Waals surface area (Å²) in [5, 5.41) is 0. The molecule has 0 spiro atoms. The lowest BCUT2D eigenvalue weighted by atomic mass is 10.1. The highest BCUT2D eigenvalue weighted by molar-refractivity contribution is 8.89. The molecular weight excluding hydrogens is 395 g/mol. The molecule has 152 valence electrons. The van der Waals surface area contributed by atoms with E-state index in [4.69, 9.17) is 4.52 Å². The van der Waals surface area contributed by atoms with Crippen LogP contribution in [0, 0.1) is 0 Å². The Balaban J connectivity index is 2.02. The smallest absolute Gasteiger partial charge is 0.359 e. The van der Waals surface area contributed by atoms with Gasteiger partial charge in [0.1, 0.15) is 5.75 Å². The first kappa shape index (κ1) is 22.9. The molecule has 0 bridgehead atoms. The molecule has 0 atom stereocenters. The topological polar surface area (TPSA) is 43.4 Å². The van der Waals surface area contributed by atoms with Gasteiger partial charge in [0.05, 0.1) is 5.56 Å². The molecule has 1 aliphatic rings. The number of Topliss-reactive ketones (excluding diaryl/α,β-unsaturated/α-hetero) is 1. The van der Waals surface area contributed by atoms with Crippen LogP contribution in [0.3, 0.4) is 0 Å². The highest BCUT2D eigenvalue weighted by atomic mass is 33.1. The van der Waals surface area contributed by atoms with E-state index in [1.807, 2.05) is 18.2 Å². The number of hydrogen-bond acceptors (Lipinski definition) is 5. The fraction of sp³-hybridized carbons (Fsp3) is 0.667. The van der Waals surface area contributed by atoms with E-state index in [0.717, 1.165) is 36.3 Å². The van der Waals surface area contributed by atoms with Gasteiger partial charge in [-0.15, -0.1) is 0 Å². The van der Waals surface area contributed by atoms with Crippen LogP contribution < -0.4 is 4.52 Å². The summed E-state index contributed by atoms with van der Waals surface area (Å²) >= 11 is 2.93. The average Bonchev–Trinajstić information content (AvgIpc) is 3.04. The molecule has 0 amide bonds. The second kappa shape index (κ2) is 12.2. The highest BCUT2D eigenvalue weighted by Gasteiger charge is 2.31. The Labute approximate surface area is 172 Å². The zero-order valence-electron chi connectivity index (χ0n) is 16.7. The summed E-state index contributed by atoms with van der Waals surface area (Å²) in [7, 11) is 0. The molecule has 27 heavy (non-hydrogen) atoms. The first-order valence-corrected chi connectivity index (χ1v) is 15.1.